The molecular weight excluding hydrogens is 549 g/mol. The summed E-state index contributed by atoms with van der Waals surface area (Å²) in [5.41, 5.74) is 3.71. The SMILES string of the molecule is CCn1c(N2CCC(Cc3ccccc3)CC2)c(C=C2SC(=S)N(CCc3ccccc3)C2=O)c(C)c(C#N)c1=O. The summed E-state index contributed by atoms with van der Waals surface area (Å²) in [6.45, 7) is 6.29. The van der Waals surface area contributed by atoms with Gasteiger partial charge in [0, 0.05) is 31.7 Å². The van der Waals surface area contributed by atoms with Crippen molar-refractivity contribution in [1.29, 1.82) is 5.26 Å². The molecule has 3 aromatic rings. The number of nitriles is 1. The van der Waals surface area contributed by atoms with E-state index in [4.69, 9.17) is 12.2 Å². The Morgan fingerprint density at radius 1 is 1.02 bits per heavy atom. The standard InChI is InChI=1S/C33H34N4O2S2/c1-3-36-30(35-17-14-26(15-18-35)20-25-12-8-5-9-13-25)27(23(2)28(22-34)31(36)38)21-29-32(39)37(33(40)41-29)19-16-24-10-6-4-7-11-24/h4-13,21,26H,3,14-20H2,1-2H3. The van der Waals surface area contributed by atoms with E-state index in [9.17, 15) is 14.9 Å². The van der Waals surface area contributed by atoms with Crippen LogP contribution in [0.5, 0.6) is 0 Å². The van der Waals surface area contributed by atoms with E-state index < -0.39 is 0 Å². The van der Waals surface area contributed by atoms with Crippen LogP contribution in [-0.4, -0.2) is 39.3 Å². The number of rotatable bonds is 8. The van der Waals surface area contributed by atoms with Crippen molar-refractivity contribution in [2.24, 2.45) is 5.92 Å². The highest BCUT2D eigenvalue weighted by Gasteiger charge is 2.33. The van der Waals surface area contributed by atoms with Crippen molar-refractivity contribution in [3.8, 4) is 6.07 Å². The Labute approximate surface area is 251 Å². The summed E-state index contributed by atoms with van der Waals surface area (Å²) in [5, 5.41) is 9.90. The quantitative estimate of drug-likeness (QED) is 0.242. The maximum absolute atomic E-state index is 13.5. The van der Waals surface area contributed by atoms with Gasteiger partial charge in [0.2, 0.25) is 0 Å². The zero-order valence-corrected chi connectivity index (χ0v) is 25.1. The van der Waals surface area contributed by atoms with Gasteiger partial charge in [-0.05, 0) is 68.2 Å². The fourth-order valence-corrected chi connectivity index (χ4v) is 7.07. The molecule has 2 aliphatic heterocycles. The number of hydrogen-bond acceptors (Lipinski definition) is 6. The number of thiocarbonyl (C=S) groups is 1. The zero-order valence-electron chi connectivity index (χ0n) is 23.5. The number of pyridine rings is 1. The topological polar surface area (TPSA) is 69.3 Å². The number of nitrogens with zero attached hydrogens (tertiary/aromatic N) is 4. The Balaban J connectivity index is 1.45. The third-order valence-electron chi connectivity index (χ3n) is 8.06. The average molecular weight is 583 g/mol. The third kappa shape index (κ3) is 6.17. The minimum Gasteiger partial charge on any atom is -0.357 e. The highest BCUT2D eigenvalue weighted by Crippen LogP contribution is 2.37. The molecule has 0 aliphatic carbocycles. The van der Waals surface area contributed by atoms with Crippen LogP contribution in [0.2, 0.25) is 0 Å². The minimum absolute atomic E-state index is 0.125. The van der Waals surface area contributed by atoms with E-state index in [2.05, 4.69) is 35.2 Å². The largest absolute Gasteiger partial charge is 0.357 e. The maximum atomic E-state index is 13.5. The highest BCUT2D eigenvalue weighted by molar-refractivity contribution is 8.26. The lowest BCUT2D eigenvalue weighted by atomic mass is 9.90. The van der Waals surface area contributed by atoms with Crippen molar-refractivity contribution in [2.45, 2.75) is 46.1 Å². The van der Waals surface area contributed by atoms with Crippen LogP contribution in [0.15, 0.2) is 70.4 Å². The van der Waals surface area contributed by atoms with E-state index in [-0.39, 0.29) is 17.0 Å². The van der Waals surface area contributed by atoms with Crippen LogP contribution < -0.4 is 10.5 Å². The van der Waals surface area contributed by atoms with Gasteiger partial charge in [0.15, 0.2) is 0 Å². The predicted octanol–water partition coefficient (Wildman–Crippen LogP) is 5.95. The number of piperidine rings is 1. The van der Waals surface area contributed by atoms with Gasteiger partial charge in [-0.1, -0.05) is 84.6 Å². The lowest BCUT2D eigenvalue weighted by Gasteiger charge is -2.36. The van der Waals surface area contributed by atoms with Crippen molar-refractivity contribution in [2.75, 3.05) is 24.5 Å². The normalized spacial score (nSPS) is 17.0. The molecule has 210 valence electrons. The Bertz CT molecular complexity index is 1570. The summed E-state index contributed by atoms with van der Waals surface area (Å²) in [5.74, 6) is 1.23. The first-order chi connectivity index (χ1) is 19.9. The summed E-state index contributed by atoms with van der Waals surface area (Å²) in [6.07, 6.45) is 5.62. The van der Waals surface area contributed by atoms with Crippen LogP contribution in [0, 0.1) is 24.2 Å². The molecule has 1 aromatic heterocycles. The lowest BCUT2D eigenvalue weighted by Crippen LogP contribution is -2.39. The molecule has 2 aliphatic rings. The van der Waals surface area contributed by atoms with Gasteiger partial charge in [-0.25, -0.2) is 0 Å². The van der Waals surface area contributed by atoms with Gasteiger partial charge in [0.1, 0.15) is 21.8 Å². The summed E-state index contributed by atoms with van der Waals surface area (Å²) < 4.78 is 2.23. The lowest BCUT2D eigenvalue weighted by molar-refractivity contribution is -0.122. The molecule has 0 saturated carbocycles. The Morgan fingerprint density at radius 3 is 2.27 bits per heavy atom. The molecule has 0 radical (unpaired) electrons. The molecule has 0 unspecified atom stereocenters. The number of thioether (sulfide) groups is 1. The summed E-state index contributed by atoms with van der Waals surface area (Å²) in [4.78, 5) is 31.4. The van der Waals surface area contributed by atoms with Gasteiger partial charge in [0.25, 0.3) is 11.5 Å². The molecule has 0 atom stereocenters. The van der Waals surface area contributed by atoms with Crippen LogP contribution in [0.1, 0.15) is 47.6 Å². The number of hydrogen-bond donors (Lipinski definition) is 0. The predicted molar refractivity (Wildman–Crippen MR) is 171 cm³/mol. The van der Waals surface area contributed by atoms with E-state index in [1.165, 1.54) is 17.3 Å². The van der Waals surface area contributed by atoms with Crippen molar-refractivity contribution in [3.05, 3.63) is 104 Å². The maximum Gasteiger partial charge on any atom is 0.270 e. The van der Waals surface area contributed by atoms with Gasteiger partial charge in [-0.3, -0.25) is 19.1 Å². The number of benzene rings is 2. The second-order valence-electron chi connectivity index (χ2n) is 10.6. The zero-order chi connectivity index (χ0) is 28.9. The summed E-state index contributed by atoms with van der Waals surface area (Å²) in [7, 11) is 0. The van der Waals surface area contributed by atoms with Gasteiger partial charge in [-0.15, -0.1) is 0 Å². The van der Waals surface area contributed by atoms with Crippen molar-refractivity contribution < 1.29 is 4.79 Å². The molecule has 6 nitrogen and oxygen atoms in total. The third-order valence-corrected chi connectivity index (χ3v) is 9.44. The molecule has 3 heterocycles. The first-order valence-electron chi connectivity index (χ1n) is 14.2. The summed E-state index contributed by atoms with van der Waals surface area (Å²) in [6, 6.07) is 22.7. The van der Waals surface area contributed by atoms with Crippen LogP contribution in [0.25, 0.3) is 6.08 Å². The molecule has 2 aromatic carbocycles. The molecule has 2 saturated heterocycles. The molecule has 0 spiro atoms. The number of aromatic nitrogens is 1. The monoisotopic (exact) mass is 582 g/mol. The summed E-state index contributed by atoms with van der Waals surface area (Å²) >= 11 is 6.90. The number of carbonyl (C=O) groups excluding carboxylic acids is 1. The second-order valence-corrected chi connectivity index (χ2v) is 12.3. The van der Waals surface area contributed by atoms with E-state index >= 15 is 0 Å². The number of anilines is 1. The Hall–Kier alpha value is -3.67. The van der Waals surface area contributed by atoms with Crippen molar-refractivity contribution >= 4 is 46.1 Å². The van der Waals surface area contributed by atoms with E-state index in [0.717, 1.165) is 49.3 Å². The van der Waals surface area contributed by atoms with E-state index in [0.29, 0.717) is 40.2 Å². The smallest absolute Gasteiger partial charge is 0.270 e. The molecular formula is C33H34N4O2S2. The van der Waals surface area contributed by atoms with Crippen LogP contribution in [0.3, 0.4) is 0 Å². The molecule has 8 heteroatoms. The molecule has 0 bridgehead atoms. The van der Waals surface area contributed by atoms with Gasteiger partial charge in [-0.2, -0.15) is 5.26 Å². The second kappa shape index (κ2) is 12.9. The van der Waals surface area contributed by atoms with E-state index in [1.54, 1.807) is 9.47 Å². The first kappa shape index (κ1) is 28.8. The Morgan fingerprint density at radius 2 is 1.66 bits per heavy atom. The average Bonchev–Trinajstić information content (AvgIpc) is 3.26. The van der Waals surface area contributed by atoms with Crippen molar-refractivity contribution in [1.82, 2.24) is 9.47 Å². The first-order valence-corrected chi connectivity index (χ1v) is 15.4. The molecule has 41 heavy (non-hydrogen) atoms. The Kier molecular flexibility index (Phi) is 9.06. The molecule has 0 N–H and O–H groups in total. The fraction of sp³-hybridized carbons (Fsp3) is 0.333. The van der Waals surface area contributed by atoms with Crippen LogP contribution in [-0.2, 0) is 24.2 Å². The number of carbonyl (C=O) groups is 1. The van der Waals surface area contributed by atoms with Crippen LogP contribution >= 0.6 is 24.0 Å². The van der Waals surface area contributed by atoms with Gasteiger partial charge < -0.3 is 4.90 Å². The van der Waals surface area contributed by atoms with Crippen LogP contribution in [0.4, 0.5) is 5.82 Å². The minimum atomic E-state index is -0.276. The molecule has 5 rings (SSSR count). The molecule has 2 fully saturated rings. The van der Waals surface area contributed by atoms with E-state index in [1.807, 2.05) is 56.3 Å². The highest BCUT2D eigenvalue weighted by atomic mass is 32.2. The number of amides is 1. The van der Waals surface area contributed by atoms with Crippen molar-refractivity contribution in [3.63, 3.8) is 0 Å². The van der Waals surface area contributed by atoms with Gasteiger partial charge >= 0.3 is 0 Å². The fourth-order valence-electron chi connectivity index (χ4n) is 5.78. The molecule has 1 amide bonds. The van der Waals surface area contributed by atoms with Gasteiger partial charge in [0.05, 0.1) is 4.91 Å².